The second kappa shape index (κ2) is 8.56. The van der Waals surface area contributed by atoms with Gasteiger partial charge in [-0.15, -0.1) is 0 Å². The zero-order valence-corrected chi connectivity index (χ0v) is 12.5. The number of amides is 1. The van der Waals surface area contributed by atoms with Gasteiger partial charge in [0.1, 0.15) is 5.75 Å². The first-order chi connectivity index (χ1) is 9.93. The molecule has 0 aliphatic heterocycles. The highest BCUT2D eigenvalue weighted by Crippen LogP contribution is 2.26. The molecule has 0 bridgehead atoms. The van der Waals surface area contributed by atoms with Gasteiger partial charge in [-0.1, -0.05) is 25.1 Å². The van der Waals surface area contributed by atoms with Crippen LogP contribution in [-0.4, -0.2) is 25.1 Å². The average Bonchev–Trinajstić information content (AvgIpc) is 2.44. The highest BCUT2D eigenvalue weighted by Gasteiger charge is 2.16. The topological polar surface area (TPSA) is 50.4 Å². The SMILES string of the molecule is CCC(C)NCC(=O)NC(C)c1ccccc1OC(F)F. The molecular weight excluding hydrogens is 278 g/mol. The molecule has 0 aliphatic carbocycles. The number of rotatable bonds is 8. The molecule has 0 fully saturated rings. The number of alkyl halides is 2. The number of benzene rings is 1. The molecule has 4 nitrogen and oxygen atoms in total. The lowest BCUT2D eigenvalue weighted by molar-refractivity contribution is -0.121. The molecule has 1 aromatic rings. The fraction of sp³-hybridized carbons (Fsp3) is 0.533. The van der Waals surface area contributed by atoms with Crippen LogP contribution in [0.15, 0.2) is 24.3 Å². The Bertz CT molecular complexity index is 455. The Morgan fingerprint density at radius 1 is 1.29 bits per heavy atom. The summed E-state index contributed by atoms with van der Waals surface area (Å²) in [6.07, 6.45) is 0.924. The summed E-state index contributed by atoms with van der Waals surface area (Å²) in [5, 5.41) is 5.84. The highest BCUT2D eigenvalue weighted by atomic mass is 19.3. The first-order valence-electron chi connectivity index (χ1n) is 7.00. The maximum atomic E-state index is 12.4. The molecule has 2 unspecified atom stereocenters. The van der Waals surface area contributed by atoms with Gasteiger partial charge < -0.3 is 15.4 Å². The van der Waals surface area contributed by atoms with Gasteiger partial charge in [0.2, 0.25) is 5.91 Å². The van der Waals surface area contributed by atoms with E-state index in [2.05, 4.69) is 15.4 Å². The van der Waals surface area contributed by atoms with Crippen LogP contribution in [0.2, 0.25) is 0 Å². The normalized spacial score (nSPS) is 13.8. The zero-order chi connectivity index (χ0) is 15.8. The summed E-state index contributed by atoms with van der Waals surface area (Å²) < 4.78 is 29.2. The average molecular weight is 300 g/mol. The van der Waals surface area contributed by atoms with E-state index < -0.39 is 12.7 Å². The fourth-order valence-electron chi connectivity index (χ4n) is 1.82. The zero-order valence-electron chi connectivity index (χ0n) is 12.5. The summed E-state index contributed by atoms with van der Waals surface area (Å²) in [5.41, 5.74) is 0.523. The van der Waals surface area contributed by atoms with Crippen LogP contribution < -0.4 is 15.4 Å². The Balaban J connectivity index is 2.62. The number of para-hydroxylation sites is 1. The van der Waals surface area contributed by atoms with Crippen molar-refractivity contribution in [1.29, 1.82) is 0 Å². The molecule has 0 saturated carbocycles. The summed E-state index contributed by atoms with van der Waals surface area (Å²) in [7, 11) is 0. The Hall–Kier alpha value is -1.69. The molecule has 21 heavy (non-hydrogen) atoms. The Kier molecular flexibility index (Phi) is 7.08. The monoisotopic (exact) mass is 300 g/mol. The van der Waals surface area contributed by atoms with Gasteiger partial charge in [-0.25, -0.2) is 0 Å². The number of hydrogen-bond acceptors (Lipinski definition) is 3. The van der Waals surface area contributed by atoms with E-state index in [1.165, 1.54) is 6.07 Å². The molecule has 1 aromatic carbocycles. The predicted molar refractivity (Wildman–Crippen MR) is 77.4 cm³/mol. The summed E-state index contributed by atoms with van der Waals surface area (Å²) >= 11 is 0. The van der Waals surface area contributed by atoms with E-state index in [0.29, 0.717) is 5.56 Å². The van der Waals surface area contributed by atoms with Crippen molar-refractivity contribution in [3.63, 3.8) is 0 Å². The van der Waals surface area contributed by atoms with E-state index in [1.54, 1.807) is 25.1 Å². The van der Waals surface area contributed by atoms with Gasteiger partial charge in [0.25, 0.3) is 0 Å². The van der Waals surface area contributed by atoms with Crippen molar-refractivity contribution >= 4 is 5.91 Å². The van der Waals surface area contributed by atoms with Crippen LogP contribution in [-0.2, 0) is 4.79 Å². The van der Waals surface area contributed by atoms with Crippen molar-refractivity contribution in [3.05, 3.63) is 29.8 Å². The van der Waals surface area contributed by atoms with Crippen LogP contribution in [0, 0.1) is 0 Å². The first kappa shape index (κ1) is 17.4. The summed E-state index contributed by atoms with van der Waals surface area (Å²) in [4.78, 5) is 11.8. The third-order valence-corrected chi connectivity index (χ3v) is 3.20. The molecule has 0 spiro atoms. The first-order valence-corrected chi connectivity index (χ1v) is 7.00. The molecular formula is C15H22F2N2O2. The number of hydrogen-bond donors (Lipinski definition) is 2. The summed E-state index contributed by atoms with van der Waals surface area (Å²) in [5.74, 6) is -0.107. The molecule has 0 saturated heterocycles. The van der Waals surface area contributed by atoms with E-state index in [1.807, 2.05) is 13.8 Å². The Morgan fingerprint density at radius 2 is 1.95 bits per heavy atom. The van der Waals surface area contributed by atoms with E-state index in [9.17, 15) is 13.6 Å². The lowest BCUT2D eigenvalue weighted by Crippen LogP contribution is -2.38. The molecule has 2 atom stereocenters. The number of ether oxygens (including phenoxy) is 1. The van der Waals surface area contributed by atoms with Crippen LogP contribution in [0.3, 0.4) is 0 Å². The van der Waals surface area contributed by atoms with Crippen molar-refractivity contribution in [1.82, 2.24) is 10.6 Å². The molecule has 0 heterocycles. The third kappa shape index (κ3) is 6.08. The molecule has 1 rings (SSSR count). The van der Waals surface area contributed by atoms with Crippen molar-refractivity contribution in [2.24, 2.45) is 0 Å². The van der Waals surface area contributed by atoms with Gasteiger partial charge >= 0.3 is 6.61 Å². The quantitative estimate of drug-likeness (QED) is 0.776. The van der Waals surface area contributed by atoms with Crippen LogP contribution in [0.4, 0.5) is 8.78 Å². The van der Waals surface area contributed by atoms with Crippen LogP contribution in [0.25, 0.3) is 0 Å². The number of halogens is 2. The molecule has 2 N–H and O–H groups in total. The molecule has 0 radical (unpaired) electrons. The highest BCUT2D eigenvalue weighted by molar-refractivity contribution is 5.78. The van der Waals surface area contributed by atoms with Gasteiger partial charge in [0.15, 0.2) is 0 Å². The minimum Gasteiger partial charge on any atom is -0.434 e. The second-order valence-electron chi connectivity index (χ2n) is 4.90. The smallest absolute Gasteiger partial charge is 0.387 e. The van der Waals surface area contributed by atoms with Gasteiger partial charge in [0, 0.05) is 11.6 Å². The molecule has 0 aliphatic rings. The summed E-state index contributed by atoms with van der Waals surface area (Å²) in [6, 6.07) is 6.28. The number of nitrogens with one attached hydrogen (secondary N) is 2. The maximum Gasteiger partial charge on any atom is 0.387 e. The molecule has 0 aromatic heterocycles. The van der Waals surface area contributed by atoms with Crippen molar-refractivity contribution in [3.8, 4) is 5.75 Å². The lowest BCUT2D eigenvalue weighted by Gasteiger charge is -2.19. The van der Waals surface area contributed by atoms with Crippen molar-refractivity contribution < 1.29 is 18.3 Å². The van der Waals surface area contributed by atoms with Crippen LogP contribution in [0.5, 0.6) is 5.75 Å². The third-order valence-electron chi connectivity index (χ3n) is 3.20. The predicted octanol–water partition coefficient (Wildman–Crippen LogP) is 2.85. The van der Waals surface area contributed by atoms with E-state index in [0.717, 1.165) is 6.42 Å². The van der Waals surface area contributed by atoms with E-state index in [4.69, 9.17) is 0 Å². The van der Waals surface area contributed by atoms with Crippen molar-refractivity contribution in [2.75, 3.05) is 6.54 Å². The number of carbonyl (C=O) groups is 1. The van der Waals surface area contributed by atoms with E-state index in [-0.39, 0.29) is 24.2 Å². The standard InChI is InChI=1S/C15H22F2N2O2/c1-4-10(2)18-9-14(20)19-11(3)12-7-5-6-8-13(12)21-15(16)17/h5-8,10-11,15,18H,4,9H2,1-3H3,(H,19,20). The van der Waals surface area contributed by atoms with Crippen LogP contribution in [0.1, 0.15) is 38.8 Å². The minimum absolute atomic E-state index is 0.0789. The van der Waals surface area contributed by atoms with E-state index >= 15 is 0 Å². The minimum atomic E-state index is -2.89. The van der Waals surface area contributed by atoms with Gasteiger partial charge in [-0.3, -0.25) is 4.79 Å². The maximum absolute atomic E-state index is 12.4. The number of carbonyl (C=O) groups excluding carboxylic acids is 1. The largest absolute Gasteiger partial charge is 0.434 e. The van der Waals surface area contributed by atoms with Gasteiger partial charge in [0.05, 0.1) is 12.6 Å². The molecule has 118 valence electrons. The Labute approximate surface area is 123 Å². The van der Waals surface area contributed by atoms with Crippen molar-refractivity contribution in [2.45, 2.75) is 45.9 Å². The van der Waals surface area contributed by atoms with Crippen LogP contribution >= 0.6 is 0 Å². The summed E-state index contributed by atoms with van der Waals surface area (Å²) in [6.45, 7) is 3.05. The van der Waals surface area contributed by atoms with Gasteiger partial charge in [-0.2, -0.15) is 8.78 Å². The second-order valence-corrected chi connectivity index (χ2v) is 4.90. The molecule has 6 heteroatoms. The fourth-order valence-corrected chi connectivity index (χ4v) is 1.82. The lowest BCUT2D eigenvalue weighted by atomic mass is 10.1. The Morgan fingerprint density at radius 3 is 2.57 bits per heavy atom. The molecule has 1 amide bonds. The van der Waals surface area contributed by atoms with Gasteiger partial charge in [-0.05, 0) is 26.3 Å².